The second-order valence-corrected chi connectivity index (χ2v) is 0. The van der Waals surface area contributed by atoms with Crippen LogP contribution in [0.3, 0.4) is 0 Å². The van der Waals surface area contributed by atoms with Gasteiger partial charge in [-0.25, -0.2) is 0 Å². The number of hydrogen-bond acceptors (Lipinski definition) is 2. The van der Waals surface area contributed by atoms with Gasteiger partial charge in [-0.2, -0.15) is 0 Å². The molecule has 0 aromatic rings. The van der Waals surface area contributed by atoms with E-state index >= 15 is 0 Å². The van der Waals surface area contributed by atoms with E-state index in [2.05, 4.69) is 0 Å². The molecule has 0 aliphatic heterocycles. The highest BCUT2D eigenvalue weighted by molar-refractivity contribution is 5.85. The lowest BCUT2D eigenvalue weighted by atomic mass is 16.0. The highest BCUT2D eigenvalue weighted by Gasteiger charge is 0.703. The fraction of sp³-hybridized carbons (Fsp3) is 0. The molecule has 0 bridgehead atoms. The first-order valence-electron chi connectivity index (χ1n) is 0.577. The van der Waals surface area contributed by atoms with E-state index in [0.717, 1.165) is 0 Å². The van der Waals surface area contributed by atoms with Gasteiger partial charge in [-0.1, -0.05) is 0 Å². The second-order valence-electron chi connectivity index (χ2n) is 0. The normalized spacial score (nSPS) is 1.60. The average Bonchev–Trinajstić information content (AvgIpc) is 1.50. The van der Waals surface area contributed by atoms with Crippen molar-refractivity contribution in [3.05, 3.63) is 0 Å². The molecule has 0 aliphatic carbocycles. The lowest BCUT2D eigenvalue weighted by molar-refractivity contribution is 0.589. The molecule has 0 heterocycles. The SMILES string of the molecule is O=[SiH2].O=[SiH2].[SiH4]. The molecule has 0 fully saturated rings. The lowest BCUT2D eigenvalue weighted by Crippen LogP contribution is -0.969. The van der Waals surface area contributed by atoms with Crippen molar-refractivity contribution in [3.63, 3.8) is 0 Å². The molecule has 0 atom stereocenters. The maximum absolute atomic E-state index is 8.28. The van der Waals surface area contributed by atoms with Crippen LogP contribution in [0.5, 0.6) is 0 Å². The summed E-state index contributed by atoms with van der Waals surface area (Å²) in [4.78, 5) is 0. The minimum atomic E-state index is 0. The Morgan fingerprint density at radius 1 is 0.800 bits per heavy atom. The number of hydrogen-bond donors (Lipinski definition) is 0. The third-order valence-electron chi connectivity index (χ3n) is 0. The van der Waals surface area contributed by atoms with Gasteiger partial charge < -0.3 is 8.92 Å². The molecule has 0 radical (unpaired) electrons. The van der Waals surface area contributed by atoms with Gasteiger partial charge in [0.1, 0.15) is 0 Å². The van der Waals surface area contributed by atoms with E-state index in [9.17, 15) is 0 Å². The van der Waals surface area contributed by atoms with Gasteiger partial charge in [-0.3, -0.25) is 0 Å². The van der Waals surface area contributed by atoms with Crippen LogP contribution in [0.4, 0.5) is 0 Å². The van der Waals surface area contributed by atoms with Crippen LogP contribution in [0.1, 0.15) is 0 Å². The van der Waals surface area contributed by atoms with Gasteiger partial charge in [0, 0.05) is 0 Å². The first-order chi connectivity index (χ1) is 2.00. The summed E-state index contributed by atoms with van der Waals surface area (Å²) < 4.78 is 16.6. The number of rotatable bonds is 0. The van der Waals surface area contributed by atoms with Crippen molar-refractivity contribution in [2.75, 3.05) is 0 Å². The standard InChI is InChI=1S/2H2OSi.H4Si/c2*1-2;/h2*2H2;1H4. The molecule has 0 N–H and O–H groups in total. The van der Waals surface area contributed by atoms with Crippen LogP contribution in [-0.4, -0.2) is 31.2 Å². The zero-order valence-electron chi connectivity index (χ0n) is 2.23. The Hall–Kier alpha value is 0.251. The third kappa shape index (κ3) is 343. The van der Waals surface area contributed by atoms with Gasteiger partial charge in [0.05, 0.1) is 0 Å². The minimum Gasteiger partial charge on any atom is -0.396 e. The van der Waals surface area contributed by atoms with E-state index in [-0.39, 0.29) is 11.0 Å². The summed E-state index contributed by atoms with van der Waals surface area (Å²) in [5, 5.41) is 0. The highest BCUT2D eigenvalue weighted by atomic mass is 28.1. The molecule has 0 aliphatic rings. The summed E-state index contributed by atoms with van der Waals surface area (Å²) in [6.07, 6.45) is 0. The van der Waals surface area contributed by atoms with Crippen LogP contribution < -0.4 is 0 Å². The molecule has 0 amide bonds. The van der Waals surface area contributed by atoms with Crippen molar-refractivity contribution in [2.45, 2.75) is 0 Å². The van der Waals surface area contributed by atoms with E-state index in [1.807, 2.05) is 0 Å². The Kier molecular flexibility index (Phi) is 2680. The predicted octanol–water partition coefficient (Wildman–Crippen LogP) is -3.52. The quantitative estimate of drug-likeness (QED) is 0.314. The van der Waals surface area contributed by atoms with Gasteiger partial charge in [-0.15, -0.1) is 0 Å². The predicted molar refractivity (Wildman–Crippen MR) is 29.8 cm³/mol. The van der Waals surface area contributed by atoms with Crippen molar-refractivity contribution in [1.29, 1.82) is 0 Å². The van der Waals surface area contributed by atoms with Gasteiger partial charge in [0.15, 0.2) is 0 Å². The fourth-order valence-electron chi connectivity index (χ4n) is 0. The zero-order chi connectivity index (χ0) is 4.00. The Bertz CT molecular complexity index is 6.85. The summed E-state index contributed by atoms with van der Waals surface area (Å²) in [6.45, 7) is 0. The first kappa shape index (κ1) is 18.7. The molecular weight excluding hydrogens is 116 g/mol. The van der Waals surface area contributed by atoms with Gasteiger partial charge in [-0.05, 0) is 11.0 Å². The van der Waals surface area contributed by atoms with Crippen LogP contribution >= 0.6 is 0 Å². The van der Waals surface area contributed by atoms with E-state index in [0.29, 0.717) is 20.3 Å². The Morgan fingerprint density at radius 3 is 0.800 bits per heavy atom. The average molecular weight is 124 g/mol. The summed E-state index contributed by atoms with van der Waals surface area (Å²) in [6, 6.07) is 0. The van der Waals surface area contributed by atoms with Gasteiger partial charge in [0.25, 0.3) is 0 Å². The highest BCUT2D eigenvalue weighted by Crippen LogP contribution is 0.471. The van der Waals surface area contributed by atoms with Crippen LogP contribution in [0.15, 0.2) is 0 Å². The molecule has 0 rings (SSSR count). The summed E-state index contributed by atoms with van der Waals surface area (Å²) in [5.41, 5.74) is 0. The van der Waals surface area contributed by atoms with Crippen LogP contribution in [0.2, 0.25) is 0 Å². The molecule has 0 aromatic heterocycles. The molecule has 2 nitrogen and oxygen atoms in total. The Balaban J connectivity index is -0.0000000133. The minimum absolute atomic E-state index is 0. The Labute approximate surface area is 40.9 Å². The molecule has 32 valence electrons. The van der Waals surface area contributed by atoms with Crippen LogP contribution in [0.25, 0.3) is 0 Å². The maximum Gasteiger partial charge on any atom is 0.245 e. The molecule has 5 heavy (non-hydrogen) atoms. The van der Waals surface area contributed by atoms with Crippen LogP contribution in [0, 0.1) is 0 Å². The molecule has 5 heteroatoms. The van der Waals surface area contributed by atoms with Crippen molar-refractivity contribution in [3.8, 4) is 0 Å². The van der Waals surface area contributed by atoms with E-state index < -0.39 is 0 Å². The molecule has 0 saturated heterocycles. The molecule has 0 unspecified atom stereocenters. The molecule has 0 aromatic carbocycles. The lowest BCUT2D eigenvalue weighted by Gasteiger charge is -0.852. The molecule has 0 saturated carbocycles. The summed E-state index contributed by atoms with van der Waals surface area (Å²) in [5.74, 6) is 0. The maximum atomic E-state index is 8.28. The third-order valence-corrected chi connectivity index (χ3v) is 0. The summed E-state index contributed by atoms with van der Waals surface area (Å²) in [7, 11) is 1.22. The smallest absolute Gasteiger partial charge is 0.245 e. The van der Waals surface area contributed by atoms with E-state index in [4.69, 9.17) is 8.92 Å². The zero-order valence-corrected chi connectivity index (χ0v) is 5.06. The Morgan fingerprint density at radius 2 is 0.800 bits per heavy atom. The van der Waals surface area contributed by atoms with Crippen molar-refractivity contribution < 1.29 is 8.92 Å². The van der Waals surface area contributed by atoms with Gasteiger partial charge >= 0.3 is 0 Å². The molecular formula is H8O2Si3. The summed E-state index contributed by atoms with van der Waals surface area (Å²) >= 11 is 0. The topological polar surface area (TPSA) is 34.1 Å². The van der Waals surface area contributed by atoms with E-state index in [1.165, 1.54) is 0 Å². The van der Waals surface area contributed by atoms with Crippen molar-refractivity contribution in [2.24, 2.45) is 0 Å². The largest absolute Gasteiger partial charge is 0.396 e. The second kappa shape index (κ2) is 715. The first-order valence-corrected chi connectivity index (χ1v) is 1.73. The van der Waals surface area contributed by atoms with E-state index in [1.54, 1.807) is 0 Å². The van der Waals surface area contributed by atoms with Crippen molar-refractivity contribution in [1.82, 2.24) is 0 Å². The van der Waals surface area contributed by atoms with Crippen LogP contribution in [-0.2, 0) is 8.92 Å². The van der Waals surface area contributed by atoms with Crippen molar-refractivity contribution >= 4 is 31.2 Å². The van der Waals surface area contributed by atoms with Gasteiger partial charge in [0.2, 0.25) is 20.3 Å². The molecule has 0 spiro atoms. The monoisotopic (exact) mass is 124 g/mol. The fourth-order valence-corrected chi connectivity index (χ4v) is 0.